The summed E-state index contributed by atoms with van der Waals surface area (Å²) in [7, 11) is 0. The number of aromatic nitrogens is 2. The van der Waals surface area contributed by atoms with E-state index in [1.54, 1.807) is 31.2 Å². The summed E-state index contributed by atoms with van der Waals surface area (Å²) >= 11 is 1.22. The fourth-order valence-corrected chi connectivity index (χ4v) is 2.53. The number of hydrogen-bond acceptors (Lipinski definition) is 5. The van der Waals surface area contributed by atoms with Gasteiger partial charge < -0.3 is 10.3 Å². The number of nitrogens with zero attached hydrogens (tertiary/aromatic N) is 1. The van der Waals surface area contributed by atoms with E-state index in [9.17, 15) is 14.4 Å². The van der Waals surface area contributed by atoms with Crippen molar-refractivity contribution in [3.05, 3.63) is 52.1 Å². The Kier molecular flexibility index (Phi) is 5.11. The van der Waals surface area contributed by atoms with E-state index in [0.717, 1.165) is 5.56 Å². The van der Waals surface area contributed by atoms with Gasteiger partial charge in [-0.15, -0.1) is 0 Å². The Balaban J connectivity index is 1.98. The van der Waals surface area contributed by atoms with E-state index in [-0.39, 0.29) is 17.4 Å². The van der Waals surface area contributed by atoms with Crippen molar-refractivity contribution in [2.45, 2.75) is 18.9 Å². The zero-order chi connectivity index (χ0) is 16.1. The SMILES string of the molecule is CC(=O)c1cccc(NC(=O)CSc2[nH]c(=O)ncc2C)c1. The van der Waals surface area contributed by atoms with Crippen LogP contribution in [0, 0.1) is 6.92 Å². The Labute approximate surface area is 131 Å². The number of nitrogens with one attached hydrogen (secondary N) is 2. The maximum Gasteiger partial charge on any atom is 0.345 e. The van der Waals surface area contributed by atoms with Gasteiger partial charge in [0.25, 0.3) is 0 Å². The minimum atomic E-state index is -0.442. The highest BCUT2D eigenvalue weighted by molar-refractivity contribution is 8.00. The predicted molar refractivity (Wildman–Crippen MR) is 85.4 cm³/mol. The Bertz CT molecular complexity index is 771. The summed E-state index contributed by atoms with van der Waals surface area (Å²) in [5.41, 5.74) is 1.47. The summed E-state index contributed by atoms with van der Waals surface area (Å²) in [5, 5.41) is 3.34. The summed E-state index contributed by atoms with van der Waals surface area (Å²) in [4.78, 5) is 40.6. The van der Waals surface area contributed by atoms with Crippen LogP contribution in [-0.2, 0) is 4.79 Å². The normalized spacial score (nSPS) is 10.3. The minimum Gasteiger partial charge on any atom is -0.325 e. The number of aromatic amines is 1. The second kappa shape index (κ2) is 7.04. The molecule has 7 heteroatoms. The topological polar surface area (TPSA) is 91.9 Å². The van der Waals surface area contributed by atoms with Crippen LogP contribution in [0.3, 0.4) is 0 Å². The maximum atomic E-state index is 11.9. The van der Waals surface area contributed by atoms with Gasteiger partial charge in [0.15, 0.2) is 5.78 Å². The summed E-state index contributed by atoms with van der Waals surface area (Å²) in [6.07, 6.45) is 1.47. The molecule has 0 spiro atoms. The van der Waals surface area contributed by atoms with Gasteiger partial charge in [0.1, 0.15) is 0 Å². The molecule has 0 fully saturated rings. The number of H-pyrrole nitrogens is 1. The second-order valence-electron chi connectivity index (χ2n) is 4.67. The molecule has 0 radical (unpaired) electrons. The molecule has 2 N–H and O–H groups in total. The Hall–Kier alpha value is -2.41. The summed E-state index contributed by atoms with van der Waals surface area (Å²) in [6, 6.07) is 6.75. The van der Waals surface area contributed by atoms with Crippen LogP contribution in [0.5, 0.6) is 0 Å². The largest absolute Gasteiger partial charge is 0.345 e. The first-order valence-corrected chi connectivity index (χ1v) is 7.54. The number of amides is 1. The van der Waals surface area contributed by atoms with Crippen LogP contribution in [0.4, 0.5) is 5.69 Å². The second-order valence-corrected chi connectivity index (χ2v) is 5.66. The smallest absolute Gasteiger partial charge is 0.325 e. The number of hydrogen-bond donors (Lipinski definition) is 2. The molecule has 6 nitrogen and oxygen atoms in total. The van der Waals surface area contributed by atoms with Gasteiger partial charge in [-0.25, -0.2) is 9.78 Å². The zero-order valence-electron chi connectivity index (χ0n) is 12.2. The average molecular weight is 317 g/mol. The lowest BCUT2D eigenvalue weighted by molar-refractivity contribution is -0.113. The molecule has 0 aliphatic heterocycles. The van der Waals surface area contributed by atoms with Gasteiger partial charge >= 0.3 is 5.69 Å². The molecule has 0 aliphatic rings. The molecule has 2 rings (SSSR count). The van der Waals surface area contributed by atoms with Gasteiger partial charge in [0, 0.05) is 17.4 Å². The number of rotatable bonds is 5. The monoisotopic (exact) mass is 317 g/mol. The molecule has 1 aromatic carbocycles. The van der Waals surface area contributed by atoms with Crippen molar-refractivity contribution in [2.24, 2.45) is 0 Å². The fourth-order valence-electron chi connectivity index (χ4n) is 1.74. The van der Waals surface area contributed by atoms with Crippen molar-refractivity contribution in [2.75, 3.05) is 11.1 Å². The standard InChI is InChI=1S/C15H15N3O3S/c1-9-7-16-15(21)18-14(9)22-8-13(20)17-12-5-3-4-11(6-12)10(2)19/h3-7H,8H2,1-2H3,(H,17,20)(H,16,18,21). The van der Waals surface area contributed by atoms with Crippen molar-refractivity contribution < 1.29 is 9.59 Å². The molecule has 1 heterocycles. The first-order chi connectivity index (χ1) is 10.5. The van der Waals surface area contributed by atoms with Crippen LogP contribution in [0.25, 0.3) is 0 Å². The number of carbonyl (C=O) groups is 2. The van der Waals surface area contributed by atoms with E-state index >= 15 is 0 Å². The number of aryl methyl sites for hydroxylation is 1. The van der Waals surface area contributed by atoms with Crippen molar-refractivity contribution in [3.63, 3.8) is 0 Å². The molecule has 22 heavy (non-hydrogen) atoms. The maximum absolute atomic E-state index is 11.9. The average Bonchev–Trinajstić information content (AvgIpc) is 2.48. The summed E-state index contributed by atoms with van der Waals surface area (Å²) in [6.45, 7) is 3.28. The third kappa shape index (κ3) is 4.29. The first kappa shape index (κ1) is 16.0. The van der Waals surface area contributed by atoms with Gasteiger partial charge in [-0.05, 0) is 31.5 Å². The molecule has 2 aromatic rings. The molecule has 0 saturated carbocycles. The summed E-state index contributed by atoms with van der Waals surface area (Å²) < 4.78 is 0. The van der Waals surface area contributed by atoms with Crippen molar-refractivity contribution >= 4 is 29.1 Å². The lowest BCUT2D eigenvalue weighted by atomic mass is 10.1. The van der Waals surface area contributed by atoms with E-state index in [1.165, 1.54) is 24.9 Å². The Morgan fingerprint density at radius 3 is 2.86 bits per heavy atom. The zero-order valence-corrected chi connectivity index (χ0v) is 13.0. The Morgan fingerprint density at radius 2 is 2.14 bits per heavy atom. The van der Waals surface area contributed by atoms with Crippen LogP contribution in [-0.4, -0.2) is 27.4 Å². The highest BCUT2D eigenvalue weighted by atomic mass is 32.2. The predicted octanol–water partition coefficient (Wildman–Crippen LogP) is 2.01. The van der Waals surface area contributed by atoms with Gasteiger partial charge in [-0.1, -0.05) is 23.9 Å². The van der Waals surface area contributed by atoms with Crippen molar-refractivity contribution in [3.8, 4) is 0 Å². The van der Waals surface area contributed by atoms with Crippen molar-refractivity contribution in [1.29, 1.82) is 0 Å². The molecule has 0 saturated heterocycles. The lowest BCUT2D eigenvalue weighted by Crippen LogP contribution is -2.16. The minimum absolute atomic E-state index is 0.0598. The number of benzene rings is 1. The van der Waals surface area contributed by atoms with Crippen LogP contribution in [0.1, 0.15) is 22.8 Å². The molecule has 0 aliphatic carbocycles. The number of Topliss-reactive ketones (excluding diaryl/α,β-unsaturated/α-hetero) is 1. The van der Waals surface area contributed by atoms with Gasteiger partial charge in [0.2, 0.25) is 5.91 Å². The van der Waals surface area contributed by atoms with Gasteiger partial charge in [-0.3, -0.25) is 9.59 Å². The molecule has 0 atom stereocenters. The number of thioether (sulfide) groups is 1. The van der Waals surface area contributed by atoms with E-state index in [0.29, 0.717) is 16.3 Å². The number of carbonyl (C=O) groups excluding carboxylic acids is 2. The first-order valence-electron chi connectivity index (χ1n) is 6.55. The van der Waals surface area contributed by atoms with Crippen LogP contribution < -0.4 is 11.0 Å². The van der Waals surface area contributed by atoms with Crippen LogP contribution in [0.2, 0.25) is 0 Å². The van der Waals surface area contributed by atoms with Crippen molar-refractivity contribution in [1.82, 2.24) is 9.97 Å². The molecule has 0 bridgehead atoms. The lowest BCUT2D eigenvalue weighted by Gasteiger charge is -2.07. The van der Waals surface area contributed by atoms with Gasteiger partial charge in [0.05, 0.1) is 10.8 Å². The van der Waals surface area contributed by atoms with E-state index in [1.807, 2.05) is 0 Å². The molecule has 1 aromatic heterocycles. The molecule has 1 amide bonds. The molecular formula is C15H15N3O3S. The summed E-state index contributed by atoms with van der Waals surface area (Å²) in [5.74, 6) is -0.135. The molecule has 0 unspecified atom stereocenters. The highest BCUT2D eigenvalue weighted by Gasteiger charge is 2.08. The quantitative estimate of drug-likeness (QED) is 0.500. The van der Waals surface area contributed by atoms with Crippen LogP contribution >= 0.6 is 11.8 Å². The Morgan fingerprint density at radius 1 is 1.36 bits per heavy atom. The highest BCUT2D eigenvalue weighted by Crippen LogP contribution is 2.18. The van der Waals surface area contributed by atoms with Gasteiger partial charge in [-0.2, -0.15) is 0 Å². The van der Waals surface area contributed by atoms with E-state index in [2.05, 4.69) is 15.3 Å². The molecular weight excluding hydrogens is 302 g/mol. The third-order valence-electron chi connectivity index (χ3n) is 2.85. The van der Waals surface area contributed by atoms with E-state index < -0.39 is 5.69 Å². The fraction of sp³-hybridized carbons (Fsp3) is 0.200. The van der Waals surface area contributed by atoms with E-state index in [4.69, 9.17) is 0 Å². The van der Waals surface area contributed by atoms with Crippen LogP contribution in [0.15, 0.2) is 40.3 Å². The number of anilines is 1. The number of ketones is 1. The third-order valence-corrected chi connectivity index (χ3v) is 3.97. The molecule has 114 valence electrons.